The van der Waals surface area contributed by atoms with Crippen molar-refractivity contribution in [3.63, 3.8) is 0 Å². The molecule has 0 radical (unpaired) electrons. The number of carbonyl (C=O) groups is 1. The molecule has 0 fully saturated rings. The lowest BCUT2D eigenvalue weighted by molar-refractivity contribution is -0.389. The Morgan fingerprint density at radius 3 is 3.00 bits per heavy atom. The number of carbonyl (C=O) groups excluding carboxylic acids is 1. The third kappa shape index (κ3) is 3.35. The molecule has 0 bridgehead atoms. The van der Waals surface area contributed by atoms with Crippen molar-refractivity contribution in [3.8, 4) is 0 Å². The van der Waals surface area contributed by atoms with Crippen molar-refractivity contribution in [2.24, 2.45) is 5.73 Å². The fourth-order valence-corrected chi connectivity index (χ4v) is 0.951. The number of aromatic nitrogens is 2. The first kappa shape index (κ1) is 11.1. The van der Waals surface area contributed by atoms with E-state index in [1.807, 2.05) is 0 Å². The predicted molar refractivity (Wildman–Crippen MR) is 50.9 cm³/mol. The molecule has 0 saturated carbocycles. The van der Waals surface area contributed by atoms with Crippen molar-refractivity contribution in [2.45, 2.75) is 6.54 Å². The van der Waals surface area contributed by atoms with E-state index < -0.39 is 4.92 Å². The molecule has 1 amide bonds. The van der Waals surface area contributed by atoms with Gasteiger partial charge in [0.25, 0.3) is 0 Å². The van der Waals surface area contributed by atoms with Crippen molar-refractivity contribution >= 4 is 11.7 Å². The van der Waals surface area contributed by atoms with Crippen LogP contribution in [-0.2, 0) is 11.3 Å². The zero-order valence-corrected chi connectivity index (χ0v) is 7.92. The van der Waals surface area contributed by atoms with E-state index in [1.165, 1.54) is 16.9 Å². The molecule has 82 valence electrons. The lowest BCUT2D eigenvalue weighted by Gasteiger charge is -2.00. The summed E-state index contributed by atoms with van der Waals surface area (Å²) in [5, 5.41) is 16.4. The second-order valence-corrected chi connectivity index (χ2v) is 2.77. The minimum Gasteiger partial charge on any atom is -0.358 e. The molecule has 1 heterocycles. The molecule has 15 heavy (non-hydrogen) atoms. The lowest BCUT2D eigenvalue weighted by atomic mass is 10.5. The van der Waals surface area contributed by atoms with Crippen LogP contribution in [-0.4, -0.2) is 33.7 Å². The summed E-state index contributed by atoms with van der Waals surface area (Å²) in [5.74, 6) is -0.555. The maximum Gasteiger partial charge on any atom is 0.389 e. The Hall–Kier alpha value is -1.96. The Bertz CT molecular complexity index is 361. The molecule has 1 aromatic heterocycles. The van der Waals surface area contributed by atoms with Gasteiger partial charge in [-0.25, -0.2) is 0 Å². The van der Waals surface area contributed by atoms with E-state index in [4.69, 9.17) is 5.73 Å². The summed E-state index contributed by atoms with van der Waals surface area (Å²) >= 11 is 0. The van der Waals surface area contributed by atoms with Gasteiger partial charge in [-0.2, -0.15) is 4.68 Å². The van der Waals surface area contributed by atoms with Gasteiger partial charge in [-0.15, -0.1) is 0 Å². The zero-order chi connectivity index (χ0) is 11.3. The molecule has 0 spiro atoms. The second kappa shape index (κ2) is 5.05. The van der Waals surface area contributed by atoms with E-state index >= 15 is 0 Å². The summed E-state index contributed by atoms with van der Waals surface area (Å²) in [6.45, 7) is 0.682. The standard InChI is InChI=1S/C7H11N5O3/c8-2-3-9-7(13)5-11-4-1-6(10-11)12(14)15/h1,4H,2-3,5,8H2,(H,9,13). The fraction of sp³-hybridized carbons (Fsp3) is 0.429. The number of hydrogen-bond acceptors (Lipinski definition) is 5. The van der Waals surface area contributed by atoms with Crippen LogP contribution < -0.4 is 11.1 Å². The number of nitro groups is 1. The topological polar surface area (TPSA) is 116 Å². The van der Waals surface area contributed by atoms with Gasteiger partial charge < -0.3 is 21.2 Å². The summed E-state index contributed by atoms with van der Waals surface area (Å²) in [4.78, 5) is 20.8. The van der Waals surface area contributed by atoms with Gasteiger partial charge in [0, 0.05) is 13.1 Å². The molecule has 0 aliphatic heterocycles. The smallest absolute Gasteiger partial charge is 0.358 e. The highest BCUT2D eigenvalue weighted by Gasteiger charge is 2.12. The van der Waals surface area contributed by atoms with Gasteiger partial charge >= 0.3 is 5.82 Å². The number of amides is 1. The van der Waals surface area contributed by atoms with Crippen molar-refractivity contribution < 1.29 is 9.72 Å². The molecule has 0 aromatic carbocycles. The van der Waals surface area contributed by atoms with Gasteiger partial charge in [0.15, 0.2) is 0 Å². The van der Waals surface area contributed by atoms with Gasteiger partial charge in [-0.05, 0) is 4.92 Å². The van der Waals surface area contributed by atoms with E-state index in [1.54, 1.807) is 0 Å². The zero-order valence-electron chi connectivity index (χ0n) is 7.92. The number of rotatable bonds is 5. The van der Waals surface area contributed by atoms with Crippen LogP contribution in [0.2, 0.25) is 0 Å². The van der Waals surface area contributed by atoms with Crippen LogP contribution in [0.4, 0.5) is 5.82 Å². The van der Waals surface area contributed by atoms with Gasteiger partial charge in [0.1, 0.15) is 6.54 Å². The normalized spacial score (nSPS) is 9.93. The largest absolute Gasteiger partial charge is 0.389 e. The van der Waals surface area contributed by atoms with Crippen LogP contribution in [0.3, 0.4) is 0 Å². The molecule has 0 aliphatic carbocycles. The highest BCUT2D eigenvalue weighted by atomic mass is 16.6. The summed E-state index contributed by atoms with van der Waals surface area (Å²) in [7, 11) is 0. The quantitative estimate of drug-likeness (QED) is 0.474. The molecular formula is C7H11N5O3. The summed E-state index contributed by atoms with van der Waals surface area (Å²) < 4.78 is 1.20. The van der Waals surface area contributed by atoms with E-state index in [2.05, 4.69) is 10.4 Å². The number of nitrogens with two attached hydrogens (primary N) is 1. The number of nitrogens with one attached hydrogen (secondary N) is 1. The van der Waals surface area contributed by atoms with Gasteiger partial charge in [-0.1, -0.05) is 0 Å². The van der Waals surface area contributed by atoms with Crippen LogP contribution in [0.15, 0.2) is 12.3 Å². The first-order valence-corrected chi connectivity index (χ1v) is 4.28. The van der Waals surface area contributed by atoms with E-state index in [0.29, 0.717) is 13.1 Å². The van der Waals surface area contributed by atoms with Crippen LogP contribution >= 0.6 is 0 Å². The van der Waals surface area contributed by atoms with Crippen LogP contribution in [0.1, 0.15) is 0 Å². The van der Waals surface area contributed by atoms with Crippen molar-refractivity contribution in [1.29, 1.82) is 0 Å². The maximum atomic E-state index is 11.2. The summed E-state index contributed by atoms with van der Waals surface area (Å²) in [5.41, 5.74) is 5.19. The molecule has 0 aliphatic rings. The fourth-order valence-electron chi connectivity index (χ4n) is 0.951. The Morgan fingerprint density at radius 2 is 2.47 bits per heavy atom. The Morgan fingerprint density at radius 1 is 1.73 bits per heavy atom. The van der Waals surface area contributed by atoms with Crippen molar-refractivity contribution in [1.82, 2.24) is 15.1 Å². The number of hydrogen-bond donors (Lipinski definition) is 2. The minimum atomic E-state index is -0.617. The molecule has 0 atom stereocenters. The third-order valence-corrected chi connectivity index (χ3v) is 1.59. The average molecular weight is 213 g/mol. The van der Waals surface area contributed by atoms with E-state index in [-0.39, 0.29) is 18.3 Å². The second-order valence-electron chi connectivity index (χ2n) is 2.77. The maximum absolute atomic E-state index is 11.2. The van der Waals surface area contributed by atoms with Crippen LogP contribution in [0.25, 0.3) is 0 Å². The molecule has 8 heteroatoms. The predicted octanol–water partition coefficient (Wildman–Crippen LogP) is -1.13. The van der Waals surface area contributed by atoms with E-state index in [0.717, 1.165) is 0 Å². The van der Waals surface area contributed by atoms with Crippen molar-refractivity contribution in [2.75, 3.05) is 13.1 Å². The first-order valence-electron chi connectivity index (χ1n) is 4.28. The highest BCUT2D eigenvalue weighted by molar-refractivity contribution is 5.75. The molecule has 3 N–H and O–H groups in total. The lowest BCUT2D eigenvalue weighted by Crippen LogP contribution is -2.32. The monoisotopic (exact) mass is 213 g/mol. The minimum absolute atomic E-state index is 0.0478. The summed E-state index contributed by atoms with van der Waals surface area (Å²) in [6.07, 6.45) is 1.38. The van der Waals surface area contributed by atoms with Gasteiger partial charge in [0.2, 0.25) is 5.91 Å². The molecule has 0 unspecified atom stereocenters. The Kier molecular flexibility index (Phi) is 3.75. The van der Waals surface area contributed by atoms with E-state index in [9.17, 15) is 14.9 Å². The number of nitrogens with zero attached hydrogens (tertiary/aromatic N) is 3. The first-order chi connectivity index (χ1) is 7.13. The highest BCUT2D eigenvalue weighted by Crippen LogP contribution is 2.04. The molecule has 0 saturated heterocycles. The SMILES string of the molecule is NCCNC(=O)Cn1ccc([N+](=O)[O-])n1. The Balaban J connectivity index is 2.50. The molecular weight excluding hydrogens is 202 g/mol. The van der Waals surface area contributed by atoms with Gasteiger partial charge in [-0.3, -0.25) is 4.79 Å². The average Bonchev–Trinajstić information content (AvgIpc) is 2.63. The molecule has 8 nitrogen and oxygen atoms in total. The third-order valence-electron chi connectivity index (χ3n) is 1.59. The van der Waals surface area contributed by atoms with Crippen LogP contribution in [0.5, 0.6) is 0 Å². The summed E-state index contributed by atoms with van der Waals surface area (Å²) in [6, 6.07) is 1.23. The Labute approximate surface area is 85.2 Å². The van der Waals surface area contributed by atoms with Gasteiger partial charge in [0.05, 0.1) is 17.4 Å². The van der Waals surface area contributed by atoms with Crippen LogP contribution in [0, 0.1) is 10.1 Å². The molecule has 1 aromatic rings. The molecule has 1 rings (SSSR count). The van der Waals surface area contributed by atoms with Crippen molar-refractivity contribution in [3.05, 3.63) is 22.4 Å².